The van der Waals surface area contributed by atoms with Crippen LogP contribution < -0.4 is 5.73 Å². The molecule has 2 nitrogen and oxygen atoms in total. The third kappa shape index (κ3) is 5.09. The van der Waals surface area contributed by atoms with Crippen molar-refractivity contribution < 1.29 is 0 Å². The lowest BCUT2D eigenvalue weighted by atomic mass is 10.2. The summed E-state index contributed by atoms with van der Waals surface area (Å²) >= 11 is 0. The van der Waals surface area contributed by atoms with E-state index in [4.69, 9.17) is 5.73 Å². The van der Waals surface area contributed by atoms with Gasteiger partial charge in [0.1, 0.15) is 5.82 Å². The van der Waals surface area contributed by atoms with Crippen LogP contribution in [0.15, 0.2) is 29.5 Å². The molecule has 0 aliphatic rings. The van der Waals surface area contributed by atoms with Gasteiger partial charge >= 0.3 is 0 Å². The number of rotatable bonds is 3. The van der Waals surface area contributed by atoms with Crippen molar-refractivity contribution in [2.75, 3.05) is 0 Å². The molecule has 0 amide bonds. The van der Waals surface area contributed by atoms with Gasteiger partial charge in [-0.05, 0) is 12.0 Å². The Bertz CT molecular complexity index is 155. The molecule has 0 aromatic carbocycles. The fourth-order valence-corrected chi connectivity index (χ4v) is 0.399. The zero-order chi connectivity index (χ0) is 7.98. The largest absolute Gasteiger partial charge is 0.384 e. The molecule has 56 valence electrons. The molecule has 0 aromatic rings. The first-order valence-corrected chi connectivity index (χ1v) is 3.29. The van der Waals surface area contributed by atoms with E-state index in [1.54, 1.807) is 18.4 Å². The van der Waals surface area contributed by atoms with E-state index in [2.05, 4.69) is 11.6 Å². The monoisotopic (exact) mass is 138 g/mol. The van der Waals surface area contributed by atoms with Crippen LogP contribution in [0.1, 0.15) is 13.8 Å². The first-order valence-electron chi connectivity index (χ1n) is 3.29. The van der Waals surface area contributed by atoms with Crippen LogP contribution in [0.25, 0.3) is 0 Å². The highest BCUT2D eigenvalue weighted by molar-refractivity contribution is 5.61. The van der Waals surface area contributed by atoms with Crippen molar-refractivity contribution in [2.24, 2.45) is 16.6 Å². The minimum absolute atomic E-state index is 0.441. The summed E-state index contributed by atoms with van der Waals surface area (Å²) in [6.45, 7) is 7.59. The molecule has 0 atom stereocenters. The molecule has 0 spiro atoms. The molecule has 0 saturated carbocycles. The van der Waals surface area contributed by atoms with Crippen LogP contribution in [-0.2, 0) is 0 Å². The maximum Gasteiger partial charge on any atom is 0.122 e. The van der Waals surface area contributed by atoms with Gasteiger partial charge in [0.15, 0.2) is 0 Å². The molecule has 0 unspecified atom stereocenters. The lowest BCUT2D eigenvalue weighted by Gasteiger charge is -1.92. The normalized spacial score (nSPS) is 12.9. The van der Waals surface area contributed by atoms with Crippen LogP contribution in [0.2, 0.25) is 0 Å². The highest BCUT2D eigenvalue weighted by Gasteiger charge is 1.84. The van der Waals surface area contributed by atoms with Crippen LogP contribution in [0.5, 0.6) is 0 Å². The number of hydrogen-bond donors (Lipinski definition) is 1. The predicted molar refractivity (Wildman–Crippen MR) is 45.8 cm³/mol. The van der Waals surface area contributed by atoms with Gasteiger partial charge in [-0.25, -0.2) is 4.99 Å². The Kier molecular flexibility index (Phi) is 4.29. The third-order valence-electron chi connectivity index (χ3n) is 0.810. The highest BCUT2D eigenvalue weighted by atomic mass is 14.9. The zero-order valence-corrected chi connectivity index (χ0v) is 6.54. The van der Waals surface area contributed by atoms with E-state index in [0.717, 1.165) is 0 Å². The summed E-state index contributed by atoms with van der Waals surface area (Å²) in [6.07, 6.45) is 5.08. The average Bonchev–Trinajstić information content (AvgIpc) is 1.85. The van der Waals surface area contributed by atoms with Gasteiger partial charge < -0.3 is 5.73 Å². The maximum absolute atomic E-state index is 5.42. The Morgan fingerprint density at radius 3 is 2.60 bits per heavy atom. The molecule has 0 saturated heterocycles. The van der Waals surface area contributed by atoms with Gasteiger partial charge in [-0.3, -0.25) is 0 Å². The molecule has 0 fully saturated rings. The summed E-state index contributed by atoms with van der Waals surface area (Å²) in [5.41, 5.74) is 5.42. The van der Waals surface area contributed by atoms with E-state index >= 15 is 0 Å². The van der Waals surface area contributed by atoms with Crippen molar-refractivity contribution in [3.63, 3.8) is 0 Å². The average molecular weight is 138 g/mol. The van der Waals surface area contributed by atoms with Gasteiger partial charge in [0.05, 0.1) is 0 Å². The zero-order valence-electron chi connectivity index (χ0n) is 6.54. The maximum atomic E-state index is 5.42. The van der Waals surface area contributed by atoms with E-state index in [1.165, 1.54) is 0 Å². The Labute approximate surface area is 62.1 Å². The molecule has 0 radical (unpaired) electrons. The highest BCUT2D eigenvalue weighted by Crippen LogP contribution is 1.89. The number of nitrogens with two attached hydrogens (primary N) is 1. The van der Waals surface area contributed by atoms with Gasteiger partial charge in [0, 0.05) is 6.21 Å². The molecule has 0 aromatic heterocycles. The van der Waals surface area contributed by atoms with E-state index in [9.17, 15) is 0 Å². The quantitative estimate of drug-likeness (QED) is 0.468. The lowest BCUT2D eigenvalue weighted by molar-refractivity contribution is 0.903. The topological polar surface area (TPSA) is 38.4 Å². The first kappa shape index (κ1) is 8.95. The van der Waals surface area contributed by atoms with Crippen molar-refractivity contribution in [2.45, 2.75) is 13.8 Å². The Morgan fingerprint density at radius 1 is 1.60 bits per heavy atom. The molecular formula is C8H14N2. The first-order chi connectivity index (χ1) is 4.66. The second-order valence-electron chi connectivity index (χ2n) is 2.35. The number of hydrogen-bond acceptors (Lipinski definition) is 2. The molecule has 0 bridgehead atoms. The van der Waals surface area contributed by atoms with E-state index in [-0.39, 0.29) is 0 Å². The summed E-state index contributed by atoms with van der Waals surface area (Å²) < 4.78 is 0. The van der Waals surface area contributed by atoms with Crippen LogP contribution in [0.3, 0.4) is 0 Å². The minimum atomic E-state index is 0.441. The second-order valence-corrected chi connectivity index (χ2v) is 2.35. The van der Waals surface area contributed by atoms with Gasteiger partial charge in [-0.15, -0.1) is 0 Å². The van der Waals surface area contributed by atoms with Crippen LogP contribution in [0.4, 0.5) is 0 Å². The standard InChI is InChI=1S/C8H14N2/c1-4-5-8(9)10-6-7(2)3/h4-7H,1,9H2,2-3H3/b8-5-,10-6-. The lowest BCUT2D eigenvalue weighted by Crippen LogP contribution is -1.95. The van der Waals surface area contributed by atoms with E-state index < -0.39 is 0 Å². The number of nitrogens with zero attached hydrogens (tertiary/aromatic N) is 1. The summed E-state index contributed by atoms with van der Waals surface area (Å²) in [5.74, 6) is 0.945. The SMILES string of the molecule is C=C/C=C(N)\N=C/C(C)C. The molecule has 2 N–H and O–H groups in total. The van der Waals surface area contributed by atoms with Crippen molar-refractivity contribution in [3.8, 4) is 0 Å². The van der Waals surface area contributed by atoms with Crippen LogP contribution >= 0.6 is 0 Å². The summed E-state index contributed by atoms with van der Waals surface area (Å²) in [6, 6.07) is 0. The van der Waals surface area contributed by atoms with Crippen LogP contribution in [-0.4, -0.2) is 6.21 Å². The van der Waals surface area contributed by atoms with Gasteiger partial charge in [0.2, 0.25) is 0 Å². The molecular weight excluding hydrogens is 124 g/mol. The molecule has 0 heterocycles. The fourth-order valence-electron chi connectivity index (χ4n) is 0.399. The molecule has 10 heavy (non-hydrogen) atoms. The number of allylic oxidation sites excluding steroid dienone is 2. The third-order valence-corrected chi connectivity index (χ3v) is 0.810. The van der Waals surface area contributed by atoms with Crippen molar-refractivity contribution >= 4 is 6.21 Å². The Hall–Kier alpha value is -1.05. The van der Waals surface area contributed by atoms with Gasteiger partial charge in [0.25, 0.3) is 0 Å². The summed E-state index contributed by atoms with van der Waals surface area (Å²) in [5, 5.41) is 0. The van der Waals surface area contributed by atoms with Gasteiger partial charge in [-0.1, -0.05) is 26.5 Å². The summed E-state index contributed by atoms with van der Waals surface area (Å²) in [4.78, 5) is 3.96. The summed E-state index contributed by atoms with van der Waals surface area (Å²) in [7, 11) is 0. The number of aliphatic imine (C=N–C) groups is 1. The smallest absolute Gasteiger partial charge is 0.122 e. The van der Waals surface area contributed by atoms with Crippen LogP contribution in [0, 0.1) is 5.92 Å². The Balaban J connectivity index is 3.88. The van der Waals surface area contributed by atoms with E-state index in [1.807, 2.05) is 13.8 Å². The molecule has 2 heteroatoms. The molecule has 0 aliphatic carbocycles. The predicted octanol–water partition coefficient (Wildman–Crippen LogP) is 1.70. The van der Waals surface area contributed by atoms with Gasteiger partial charge in [-0.2, -0.15) is 0 Å². The van der Waals surface area contributed by atoms with Crippen molar-refractivity contribution in [1.29, 1.82) is 0 Å². The second kappa shape index (κ2) is 4.79. The fraction of sp³-hybridized carbons (Fsp3) is 0.375. The van der Waals surface area contributed by atoms with Crippen molar-refractivity contribution in [1.82, 2.24) is 0 Å². The minimum Gasteiger partial charge on any atom is -0.384 e. The van der Waals surface area contributed by atoms with Crippen molar-refractivity contribution in [3.05, 3.63) is 24.6 Å². The van der Waals surface area contributed by atoms with E-state index in [0.29, 0.717) is 11.7 Å². The molecule has 0 rings (SSSR count). The molecule has 0 aliphatic heterocycles. The Morgan fingerprint density at radius 2 is 2.20 bits per heavy atom.